The van der Waals surface area contributed by atoms with Gasteiger partial charge in [0.1, 0.15) is 9.84 Å². The molecule has 0 atom stereocenters. The van der Waals surface area contributed by atoms with Crippen LogP contribution in [0.25, 0.3) is 11.1 Å². The summed E-state index contributed by atoms with van der Waals surface area (Å²) in [6.07, 6.45) is 1.14. The highest BCUT2D eigenvalue weighted by Gasteiger charge is 2.11. The summed E-state index contributed by atoms with van der Waals surface area (Å²) in [4.78, 5) is 11.6. The van der Waals surface area contributed by atoms with Gasteiger partial charge in [-0.15, -0.1) is 0 Å². The molecule has 0 unspecified atom stereocenters. The van der Waals surface area contributed by atoms with Crippen LogP contribution in [0.2, 0.25) is 0 Å². The highest BCUT2D eigenvalue weighted by atomic mass is 127. The van der Waals surface area contributed by atoms with Crippen molar-refractivity contribution in [3.63, 3.8) is 0 Å². The number of aromatic nitrogens is 1. The van der Waals surface area contributed by atoms with Gasteiger partial charge in [-0.3, -0.25) is 4.57 Å². The standard InChI is InChI=1S/C10H10INO4S/c1-17(14,15)5-4-12-8-3-2-7(11)6-9(8)16-10(12)13/h2-3,6H,4-5H2,1H3. The molecule has 1 aromatic carbocycles. The molecular weight excluding hydrogens is 357 g/mol. The number of hydrogen-bond donors (Lipinski definition) is 0. The Kier molecular flexibility index (Phi) is 3.30. The number of oxazole rings is 1. The van der Waals surface area contributed by atoms with Crippen LogP contribution in [0.1, 0.15) is 0 Å². The van der Waals surface area contributed by atoms with Crippen molar-refractivity contribution in [3.05, 3.63) is 32.3 Å². The maximum absolute atomic E-state index is 11.6. The van der Waals surface area contributed by atoms with Crippen molar-refractivity contribution in [1.82, 2.24) is 4.57 Å². The molecule has 17 heavy (non-hydrogen) atoms. The zero-order chi connectivity index (χ0) is 12.6. The largest absolute Gasteiger partial charge is 0.419 e. The Morgan fingerprint density at radius 2 is 2.12 bits per heavy atom. The number of nitrogens with zero attached hydrogens (tertiary/aromatic N) is 1. The molecule has 0 bridgehead atoms. The van der Waals surface area contributed by atoms with Gasteiger partial charge in [-0.2, -0.15) is 0 Å². The summed E-state index contributed by atoms with van der Waals surface area (Å²) < 4.78 is 29.5. The predicted octanol–water partition coefficient (Wildman–Crippen LogP) is 1.24. The minimum Gasteiger partial charge on any atom is -0.408 e. The van der Waals surface area contributed by atoms with Crippen LogP contribution in [0.4, 0.5) is 0 Å². The zero-order valence-corrected chi connectivity index (χ0v) is 12.0. The summed E-state index contributed by atoms with van der Waals surface area (Å²) >= 11 is 2.12. The predicted molar refractivity (Wildman–Crippen MR) is 72.9 cm³/mol. The third-order valence-electron chi connectivity index (χ3n) is 2.32. The first kappa shape index (κ1) is 12.6. The van der Waals surface area contributed by atoms with Gasteiger partial charge in [-0.05, 0) is 40.8 Å². The van der Waals surface area contributed by atoms with Gasteiger partial charge < -0.3 is 4.42 Å². The van der Waals surface area contributed by atoms with Gasteiger partial charge in [0.05, 0.1) is 11.3 Å². The number of sulfone groups is 1. The minimum absolute atomic E-state index is 0.0759. The average Bonchev–Trinajstić information content (AvgIpc) is 2.48. The van der Waals surface area contributed by atoms with Crippen LogP contribution in [-0.2, 0) is 16.4 Å². The van der Waals surface area contributed by atoms with Crippen LogP contribution in [-0.4, -0.2) is 25.0 Å². The summed E-state index contributed by atoms with van der Waals surface area (Å²) in [5.41, 5.74) is 1.11. The van der Waals surface area contributed by atoms with E-state index in [1.807, 2.05) is 6.07 Å². The SMILES string of the molecule is CS(=O)(=O)CCn1c(=O)oc2cc(I)ccc21. The van der Waals surface area contributed by atoms with Gasteiger partial charge in [0.2, 0.25) is 0 Å². The van der Waals surface area contributed by atoms with E-state index in [0.717, 1.165) is 9.83 Å². The second-order valence-electron chi connectivity index (χ2n) is 3.76. The van der Waals surface area contributed by atoms with E-state index >= 15 is 0 Å². The van der Waals surface area contributed by atoms with E-state index in [9.17, 15) is 13.2 Å². The van der Waals surface area contributed by atoms with E-state index in [1.54, 1.807) is 12.1 Å². The van der Waals surface area contributed by atoms with Crippen LogP contribution < -0.4 is 5.76 Å². The van der Waals surface area contributed by atoms with E-state index in [4.69, 9.17) is 4.42 Å². The summed E-state index contributed by atoms with van der Waals surface area (Å²) in [6.45, 7) is 0.116. The lowest BCUT2D eigenvalue weighted by Gasteiger charge is -2.00. The Hall–Kier alpha value is -0.830. The molecule has 0 fully saturated rings. The molecule has 0 aliphatic heterocycles. The Morgan fingerprint density at radius 3 is 2.76 bits per heavy atom. The molecular formula is C10H10INO4S. The summed E-state index contributed by atoms with van der Waals surface area (Å²) in [7, 11) is -3.10. The van der Waals surface area contributed by atoms with Crippen LogP contribution >= 0.6 is 22.6 Å². The maximum Gasteiger partial charge on any atom is 0.419 e. The summed E-state index contributed by atoms with van der Waals surface area (Å²) in [5.74, 6) is -0.598. The molecule has 0 N–H and O–H groups in total. The Balaban J connectivity index is 2.47. The number of halogens is 1. The quantitative estimate of drug-likeness (QED) is 0.766. The molecule has 0 aliphatic rings. The molecule has 0 spiro atoms. The highest BCUT2D eigenvalue weighted by molar-refractivity contribution is 14.1. The second-order valence-corrected chi connectivity index (χ2v) is 7.27. The van der Waals surface area contributed by atoms with Gasteiger partial charge in [-0.25, -0.2) is 13.2 Å². The van der Waals surface area contributed by atoms with E-state index in [0.29, 0.717) is 11.1 Å². The van der Waals surface area contributed by atoms with Crippen LogP contribution in [0.3, 0.4) is 0 Å². The van der Waals surface area contributed by atoms with E-state index < -0.39 is 15.6 Å². The molecule has 7 heteroatoms. The first-order valence-electron chi connectivity index (χ1n) is 4.83. The molecule has 1 aromatic heterocycles. The van der Waals surface area contributed by atoms with Crippen molar-refractivity contribution in [2.24, 2.45) is 0 Å². The summed E-state index contributed by atoms with van der Waals surface area (Å²) in [5, 5.41) is 0. The van der Waals surface area contributed by atoms with Gasteiger partial charge in [-0.1, -0.05) is 0 Å². The molecule has 2 rings (SSSR count). The molecule has 2 aromatic rings. The molecule has 1 heterocycles. The van der Waals surface area contributed by atoms with Gasteiger partial charge in [0.25, 0.3) is 0 Å². The van der Waals surface area contributed by atoms with Crippen molar-refractivity contribution in [2.45, 2.75) is 6.54 Å². The van der Waals surface area contributed by atoms with E-state index in [-0.39, 0.29) is 12.3 Å². The molecule has 5 nitrogen and oxygen atoms in total. The summed E-state index contributed by atoms with van der Waals surface area (Å²) in [6, 6.07) is 5.34. The third-order valence-corrected chi connectivity index (χ3v) is 3.91. The van der Waals surface area contributed by atoms with Crippen molar-refractivity contribution in [3.8, 4) is 0 Å². The highest BCUT2D eigenvalue weighted by Crippen LogP contribution is 2.16. The lowest BCUT2D eigenvalue weighted by atomic mass is 10.3. The van der Waals surface area contributed by atoms with Gasteiger partial charge in [0, 0.05) is 16.4 Å². The van der Waals surface area contributed by atoms with Gasteiger partial charge >= 0.3 is 5.76 Å². The van der Waals surface area contributed by atoms with Crippen molar-refractivity contribution < 1.29 is 12.8 Å². The molecule has 0 aliphatic carbocycles. The fourth-order valence-corrected chi connectivity index (χ4v) is 2.49. The van der Waals surface area contributed by atoms with Gasteiger partial charge in [0.15, 0.2) is 5.58 Å². The lowest BCUT2D eigenvalue weighted by Crippen LogP contribution is -2.19. The molecule has 0 amide bonds. The van der Waals surface area contributed by atoms with Crippen LogP contribution in [0.5, 0.6) is 0 Å². The maximum atomic E-state index is 11.6. The lowest BCUT2D eigenvalue weighted by molar-refractivity contribution is 0.511. The first-order chi connectivity index (χ1) is 7.87. The van der Waals surface area contributed by atoms with Crippen molar-refractivity contribution in [2.75, 3.05) is 12.0 Å². The van der Waals surface area contributed by atoms with E-state index in [1.165, 1.54) is 4.57 Å². The van der Waals surface area contributed by atoms with Crippen LogP contribution in [0.15, 0.2) is 27.4 Å². The first-order valence-corrected chi connectivity index (χ1v) is 7.97. The van der Waals surface area contributed by atoms with Crippen LogP contribution in [0, 0.1) is 3.57 Å². The van der Waals surface area contributed by atoms with Crippen molar-refractivity contribution >= 4 is 43.5 Å². The number of fused-ring (bicyclic) bond motifs is 1. The van der Waals surface area contributed by atoms with Crippen molar-refractivity contribution in [1.29, 1.82) is 0 Å². The number of benzene rings is 1. The fourth-order valence-electron chi connectivity index (χ4n) is 1.51. The minimum atomic E-state index is -3.10. The monoisotopic (exact) mass is 367 g/mol. The Bertz CT molecular complexity index is 713. The topological polar surface area (TPSA) is 69.3 Å². The smallest absolute Gasteiger partial charge is 0.408 e. The second kappa shape index (κ2) is 4.45. The zero-order valence-electron chi connectivity index (χ0n) is 9.01. The molecule has 0 radical (unpaired) electrons. The molecule has 92 valence electrons. The van der Waals surface area contributed by atoms with E-state index in [2.05, 4.69) is 22.6 Å². The average molecular weight is 367 g/mol. The molecule has 0 saturated carbocycles. The Labute approximate surface area is 111 Å². The normalized spacial score (nSPS) is 12.1. The fraction of sp³-hybridized carbons (Fsp3) is 0.300. The third kappa shape index (κ3) is 2.89. The number of aryl methyl sites for hydroxylation is 1. The number of rotatable bonds is 3. The Morgan fingerprint density at radius 1 is 1.41 bits per heavy atom. The number of hydrogen-bond acceptors (Lipinski definition) is 4. The molecule has 0 saturated heterocycles.